The molecule has 0 saturated heterocycles. The van der Waals surface area contributed by atoms with Gasteiger partial charge in [0.2, 0.25) is 5.91 Å². The average Bonchev–Trinajstić information content (AvgIpc) is 3.39. The number of amides is 1. The van der Waals surface area contributed by atoms with Crippen LogP contribution in [0.3, 0.4) is 0 Å². The van der Waals surface area contributed by atoms with Crippen LogP contribution in [0.4, 0.5) is 5.69 Å². The van der Waals surface area contributed by atoms with Gasteiger partial charge in [-0.05, 0) is 49.0 Å². The SMILES string of the molecule is CN(CC(=O)Nc1ccc(Oc2ccccc2)cc1)C(COCc1ccccc1)c1nn[nH]n1. The molecule has 1 aromatic heterocycles. The first kappa shape index (κ1) is 23.1. The zero-order chi connectivity index (χ0) is 23.6. The number of likely N-dealkylation sites (N-methyl/N-ethyl adjacent to an activating group) is 1. The molecular weight excluding hydrogens is 432 g/mol. The van der Waals surface area contributed by atoms with Crippen molar-refractivity contribution in [2.75, 3.05) is 25.5 Å². The molecule has 0 fully saturated rings. The predicted molar refractivity (Wildman–Crippen MR) is 127 cm³/mol. The maximum absolute atomic E-state index is 12.7. The van der Waals surface area contributed by atoms with Crippen LogP contribution in [0.5, 0.6) is 11.5 Å². The van der Waals surface area contributed by atoms with Gasteiger partial charge in [0.25, 0.3) is 0 Å². The molecule has 0 aliphatic carbocycles. The summed E-state index contributed by atoms with van der Waals surface area (Å²) in [6.07, 6.45) is 0. The van der Waals surface area contributed by atoms with E-state index in [9.17, 15) is 4.79 Å². The Morgan fingerprint density at radius 2 is 1.65 bits per heavy atom. The summed E-state index contributed by atoms with van der Waals surface area (Å²) in [5.74, 6) is 1.73. The van der Waals surface area contributed by atoms with E-state index in [2.05, 4.69) is 25.9 Å². The number of nitrogens with one attached hydrogen (secondary N) is 2. The van der Waals surface area contributed by atoms with Crippen LogP contribution in [0.2, 0.25) is 0 Å². The number of para-hydroxylation sites is 1. The van der Waals surface area contributed by atoms with E-state index in [4.69, 9.17) is 9.47 Å². The van der Waals surface area contributed by atoms with Gasteiger partial charge in [0.15, 0.2) is 5.82 Å². The Labute approximate surface area is 197 Å². The quantitative estimate of drug-likeness (QED) is 0.352. The lowest BCUT2D eigenvalue weighted by Crippen LogP contribution is -2.36. The highest BCUT2D eigenvalue weighted by molar-refractivity contribution is 5.92. The van der Waals surface area contributed by atoms with Crippen molar-refractivity contribution in [2.24, 2.45) is 0 Å². The Bertz CT molecular complexity index is 1140. The highest BCUT2D eigenvalue weighted by atomic mass is 16.5. The molecule has 1 unspecified atom stereocenters. The molecular formula is C25H26N6O3. The number of nitrogens with zero attached hydrogens (tertiary/aromatic N) is 4. The maximum Gasteiger partial charge on any atom is 0.238 e. The molecule has 4 rings (SSSR count). The molecule has 1 atom stereocenters. The lowest BCUT2D eigenvalue weighted by atomic mass is 10.2. The summed E-state index contributed by atoms with van der Waals surface area (Å²) in [4.78, 5) is 14.5. The third kappa shape index (κ3) is 6.71. The molecule has 0 spiro atoms. The van der Waals surface area contributed by atoms with E-state index in [1.807, 2.05) is 84.7 Å². The third-order valence-corrected chi connectivity index (χ3v) is 5.09. The van der Waals surface area contributed by atoms with Crippen molar-refractivity contribution in [1.29, 1.82) is 0 Å². The van der Waals surface area contributed by atoms with Gasteiger partial charge in [0.05, 0.1) is 25.8 Å². The van der Waals surface area contributed by atoms with Crippen molar-refractivity contribution >= 4 is 11.6 Å². The van der Waals surface area contributed by atoms with Gasteiger partial charge in [-0.3, -0.25) is 9.69 Å². The number of rotatable bonds is 11. The van der Waals surface area contributed by atoms with Gasteiger partial charge >= 0.3 is 0 Å². The summed E-state index contributed by atoms with van der Waals surface area (Å²) >= 11 is 0. The van der Waals surface area contributed by atoms with E-state index in [1.165, 1.54) is 0 Å². The second kappa shape index (κ2) is 11.7. The third-order valence-electron chi connectivity index (χ3n) is 5.09. The molecule has 4 aromatic rings. The van der Waals surface area contributed by atoms with E-state index >= 15 is 0 Å². The average molecular weight is 459 g/mol. The first-order valence-corrected chi connectivity index (χ1v) is 10.9. The second-order valence-electron chi connectivity index (χ2n) is 7.69. The zero-order valence-electron chi connectivity index (χ0n) is 18.8. The summed E-state index contributed by atoms with van der Waals surface area (Å²) in [5.41, 5.74) is 1.74. The lowest BCUT2D eigenvalue weighted by molar-refractivity contribution is -0.117. The fraction of sp³-hybridized carbons (Fsp3) is 0.200. The Morgan fingerprint density at radius 3 is 2.32 bits per heavy atom. The minimum absolute atomic E-state index is 0.121. The van der Waals surface area contributed by atoms with Crippen molar-refractivity contribution < 1.29 is 14.3 Å². The fourth-order valence-corrected chi connectivity index (χ4v) is 3.34. The van der Waals surface area contributed by atoms with Gasteiger partial charge in [0, 0.05) is 5.69 Å². The molecule has 2 N–H and O–H groups in total. The normalized spacial score (nSPS) is 11.8. The van der Waals surface area contributed by atoms with Crippen molar-refractivity contribution in [3.63, 3.8) is 0 Å². The van der Waals surface area contributed by atoms with E-state index in [0.717, 1.165) is 11.3 Å². The van der Waals surface area contributed by atoms with E-state index in [0.29, 0.717) is 30.5 Å². The molecule has 0 aliphatic rings. The number of carbonyl (C=O) groups excluding carboxylic acids is 1. The monoisotopic (exact) mass is 458 g/mol. The summed E-state index contributed by atoms with van der Waals surface area (Å²) in [5, 5.41) is 17.2. The van der Waals surface area contributed by atoms with Gasteiger partial charge in [-0.25, -0.2) is 0 Å². The van der Waals surface area contributed by atoms with E-state index < -0.39 is 0 Å². The molecule has 9 heteroatoms. The van der Waals surface area contributed by atoms with Crippen molar-refractivity contribution in [3.8, 4) is 11.5 Å². The molecule has 0 aliphatic heterocycles. The van der Waals surface area contributed by atoms with Gasteiger partial charge in [-0.15, -0.1) is 10.2 Å². The van der Waals surface area contributed by atoms with Crippen LogP contribution in [0.1, 0.15) is 17.4 Å². The second-order valence-corrected chi connectivity index (χ2v) is 7.69. The summed E-state index contributed by atoms with van der Waals surface area (Å²) < 4.78 is 11.7. The molecule has 1 amide bonds. The van der Waals surface area contributed by atoms with Crippen LogP contribution in [0.25, 0.3) is 0 Å². The Kier molecular flexibility index (Phi) is 7.94. The van der Waals surface area contributed by atoms with Gasteiger partial charge in [-0.1, -0.05) is 53.7 Å². The summed E-state index contributed by atoms with van der Waals surface area (Å²) in [7, 11) is 1.82. The number of hydrogen-bond donors (Lipinski definition) is 2. The number of aromatic nitrogens is 4. The molecule has 0 radical (unpaired) electrons. The highest BCUT2D eigenvalue weighted by Gasteiger charge is 2.23. The van der Waals surface area contributed by atoms with Crippen LogP contribution >= 0.6 is 0 Å². The van der Waals surface area contributed by atoms with E-state index in [1.54, 1.807) is 12.1 Å². The molecule has 174 valence electrons. The van der Waals surface area contributed by atoms with Crippen LogP contribution in [-0.2, 0) is 16.1 Å². The first-order chi connectivity index (χ1) is 16.7. The van der Waals surface area contributed by atoms with Crippen LogP contribution < -0.4 is 10.1 Å². The van der Waals surface area contributed by atoms with Crippen LogP contribution in [0, 0.1) is 0 Å². The molecule has 0 bridgehead atoms. The van der Waals surface area contributed by atoms with Crippen LogP contribution in [0.15, 0.2) is 84.9 Å². The maximum atomic E-state index is 12.7. The predicted octanol–water partition coefficient (Wildman–Crippen LogP) is 3.82. The first-order valence-electron chi connectivity index (χ1n) is 10.9. The molecule has 3 aromatic carbocycles. The topological polar surface area (TPSA) is 105 Å². The Balaban J connectivity index is 1.31. The largest absolute Gasteiger partial charge is 0.457 e. The number of aromatic amines is 1. The molecule has 9 nitrogen and oxygen atoms in total. The lowest BCUT2D eigenvalue weighted by Gasteiger charge is -2.25. The number of H-pyrrole nitrogens is 1. The van der Waals surface area contributed by atoms with Gasteiger partial charge < -0.3 is 14.8 Å². The number of anilines is 1. The van der Waals surface area contributed by atoms with Crippen molar-refractivity contribution in [1.82, 2.24) is 25.5 Å². The van der Waals surface area contributed by atoms with Crippen LogP contribution in [-0.4, -0.2) is 51.6 Å². The van der Waals surface area contributed by atoms with Crippen molar-refractivity contribution in [2.45, 2.75) is 12.6 Å². The number of tetrazole rings is 1. The molecule has 0 saturated carbocycles. The number of carbonyl (C=O) groups is 1. The highest BCUT2D eigenvalue weighted by Crippen LogP contribution is 2.23. The smallest absolute Gasteiger partial charge is 0.238 e. The zero-order valence-corrected chi connectivity index (χ0v) is 18.8. The minimum atomic E-state index is -0.338. The Morgan fingerprint density at radius 1 is 0.971 bits per heavy atom. The molecule has 34 heavy (non-hydrogen) atoms. The summed E-state index contributed by atoms with van der Waals surface area (Å²) in [6.45, 7) is 0.881. The fourth-order valence-electron chi connectivity index (χ4n) is 3.34. The van der Waals surface area contributed by atoms with Crippen molar-refractivity contribution in [3.05, 3.63) is 96.3 Å². The Hall–Kier alpha value is -4.08. The number of hydrogen-bond acceptors (Lipinski definition) is 7. The van der Waals surface area contributed by atoms with Gasteiger partial charge in [-0.2, -0.15) is 5.21 Å². The number of benzene rings is 3. The van der Waals surface area contributed by atoms with E-state index in [-0.39, 0.29) is 18.5 Å². The summed E-state index contributed by atoms with van der Waals surface area (Å²) in [6, 6.07) is 26.3. The minimum Gasteiger partial charge on any atom is -0.457 e. The molecule has 1 heterocycles. The number of ether oxygens (including phenoxy) is 2. The van der Waals surface area contributed by atoms with Gasteiger partial charge in [0.1, 0.15) is 11.5 Å². The standard InChI is InChI=1S/C25H26N6O3/c1-31(23(25-27-29-30-28-25)18-33-17-19-8-4-2-5-9-19)16-24(32)26-20-12-14-22(15-13-20)34-21-10-6-3-7-11-21/h2-15,23H,16-18H2,1H3,(H,26,32)(H,27,28,29,30).